The molecule has 2 aliphatic rings. The Balaban J connectivity index is 1.72. The summed E-state index contributed by atoms with van der Waals surface area (Å²) in [4.78, 5) is 9.55. The van der Waals surface area contributed by atoms with Crippen molar-refractivity contribution in [1.82, 2.24) is 10.2 Å². The second-order valence-corrected chi connectivity index (χ2v) is 9.58. The Hall–Kier alpha value is -3.09. The second-order valence-electron chi connectivity index (χ2n) is 9.17. The number of aliphatic imine (C=N–C) groups is 1. The number of para-hydroxylation sites is 1. The lowest BCUT2D eigenvalue weighted by Gasteiger charge is -2.38. The van der Waals surface area contributed by atoms with Crippen LogP contribution in [0.4, 0.5) is 15.8 Å². The van der Waals surface area contributed by atoms with E-state index in [4.69, 9.17) is 21.3 Å². The minimum absolute atomic E-state index is 0.339. The first-order chi connectivity index (χ1) is 17.0. The van der Waals surface area contributed by atoms with Crippen LogP contribution < -0.4 is 15.0 Å². The number of benzene rings is 3. The highest BCUT2D eigenvalue weighted by molar-refractivity contribution is 6.34. The van der Waals surface area contributed by atoms with Crippen molar-refractivity contribution in [3.05, 3.63) is 76.6 Å². The third-order valence-electron chi connectivity index (χ3n) is 6.71. The summed E-state index contributed by atoms with van der Waals surface area (Å²) < 4.78 is 20.6. The Bertz CT molecular complexity index is 1270. The van der Waals surface area contributed by atoms with Crippen LogP contribution in [0.3, 0.4) is 0 Å². The molecule has 0 radical (unpaired) electrons. The molecule has 0 saturated carbocycles. The molecule has 5 rings (SSSR count). The number of nitrogens with zero attached hydrogens (tertiary/aromatic N) is 3. The van der Waals surface area contributed by atoms with Crippen LogP contribution in [0.15, 0.2) is 59.6 Å². The summed E-state index contributed by atoms with van der Waals surface area (Å²) in [7, 11) is 1.55. The monoisotopic (exact) mass is 492 g/mol. The minimum atomic E-state index is -0.368. The fourth-order valence-electron chi connectivity index (χ4n) is 4.97. The fourth-order valence-corrected chi connectivity index (χ4v) is 5.22. The number of hydrogen-bond acceptors (Lipinski definition) is 5. The second kappa shape index (κ2) is 9.88. The molecular formula is C28H30ClFN4O. The van der Waals surface area contributed by atoms with Crippen molar-refractivity contribution in [3.8, 4) is 16.9 Å². The standard InChI is InChI=1S/C28H30ClFN4O/c1-18(2)19-7-4-5-9-24(19)34-17-32-28(33-13-11-31-12-14-33)21-15-22(29)20(16-25(21)34)27-23(30)8-6-10-26(27)35-3/h4-10,15-16,18,31H,11-14,17H2,1-3H3. The summed E-state index contributed by atoms with van der Waals surface area (Å²) in [6.45, 7) is 8.43. The van der Waals surface area contributed by atoms with Gasteiger partial charge in [0.05, 0.1) is 18.4 Å². The van der Waals surface area contributed by atoms with Crippen LogP contribution in [0.1, 0.15) is 30.9 Å². The lowest BCUT2D eigenvalue weighted by atomic mass is 9.96. The maximum Gasteiger partial charge on any atom is 0.135 e. The van der Waals surface area contributed by atoms with Crippen molar-refractivity contribution >= 4 is 28.8 Å². The van der Waals surface area contributed by atoms with Crippen LogP contribution >= 0.6 is 11.6 Å². The van der Waals surface area contributed by atoms with Crippen LogP contribution in [0.25, 0.3) is 11.1 Å². The van der Waals surface area contributed by atoms with Crippen molar-refractivity contribution in [2.45, 2.75) is 19.8 Å². The number of piperazine rings is 1. The number of methoxy groups -OCH3 is 1. The molecule has 5 nitrogen and oxygen atoms in total. The number of halogens is 2. The van der Waals surface area contributed by atoms with Gasteiger partial charge >= 0.3 is 0 Å². The Labute approximate surface area is 211 Å². The highest BCUT2D eigenvalue weighted by atomic mass is 35.5. The van der Waals surface area contributed by atoms with Crippen molar-refractivity contribution in [1.29, 1.82) is 0 Å². The quantitative estimate of drug-likeness (QED) is 0.482. The molecule has 0 amide bonds. The van der Waals surface area contributed by atoms with E-state index >= 15 is 4.39 Å². The molecule has 0 atom stereocenters. The summed E-state index contributed by atoms with van der Waals surface area (Å²) in [5.74, 6) is 1.36. The van der Waals surface area contributed by atoms with E-state index in [0.29, 0.717) is 34.5 Å². The predicted molar refractivity (Wildman–Crippen MR) is 142 cm³/mol. The average molecular weight is 493 g/mol. The van der Waals surface area contributed by atoms with Gasteiger partial charge in [0.15, 0.2) is 0 Å². The van der Waals surface area contributed by atoms with Crippen molar-refractivity contribution in [2.24, 2.45) is 4.99 Å². The lowest BCUT2D eigenvalue weighted by Crippen LogP contribution is -2.48. The molecule has 1 fully saturated rings. The Kier molecular flexibility index (Phi) is 6.67. The molecule has 1 saturated heterocycles. The van der Waals surface area contributed by atoms with Gasteiger partial charge < -0.3 is 19.9 Å². The van der Waals surface area contributed by atoms with E-state index < -0.39 is 0 Å². The number of anilines is 2. The SMILES string of the molecule is COc1cccc(F)c1-c1cc2c(cc1Cl)C(N1CCNCC1)=NCN2c1ccccc1C(C)C. The molecule has 2 aliphatic heterocycles. The van der Waals surface area contributed by atoms with E-state index in [2.05, 4.69) is 47.2 Å². The largest absolute Gasteiger partial charge is 0.496 e. The van der Waals surface area contributed by atoms with Gasteiger partial charge in [0.25, 0.3) is 0 Å². The first-order valence-electron chi connectivity index (χ1n) is 12.0. The molecule has 2 heterocycles. The van der Waals surface area contributed by atoms with Crippen molar-refractivity contribution in [3.63, 3.8) is 0 Å². The zero-order valence-electron chi connectivity index (χ0n) is 20.3. The zero-order chi connectivity index (χ0) is 24.5. The van der Waals surface area contributed by atoms with Gasteiger partial charge in [-0.05, 0) is 41.8 Å². The van der Waals surface area contributed by atoms with Crippen LogP contribution in [0.2, 0.25) is 5.02 Å². The van der Waals surface area contributed by atoms with Crippen molar-refractivity contribution in [2.75, 3.05) is 44.9 Å². The van der Waals surface area contributed by atoms with Crippen molar-refractivity contribution < 1.29 is 9.13 Å². The number of fused-ring (bicyclic) bond motifs is 1. The number of amidine groups is 1. The van der Waals surface area contributed by atoms with Gasteiger partial charge in [0.1, 0.15) is 24.1 Å². The van der Waals surface area contributed by atoms with E-state index in [0.717, 1.165) is 49.0 Å². The maximum atomic E-state index is 15.1. The van der Waals surface area contributed by atoms with Crippen LogP contribution in [-0.2, 0) is 0 Å². The van der Waals surface area contributed by atoms with Gasteiger partial charge in [0, 0.05) is 48.0 Å². The molecule has 182 valence electrons. The Morgan fingerprint density at radius 3 is 2.51 bits per heavy atom. The van der Waals surface area contributed by atoms with Gasteiger partial charge in [0.2, 0.25) is 0 Å². The van der Waals surface area contributed by atoms with Gasteiger partial charge in [-0.3, -0.25) is 0 Å². The molecule has 0 unspecified atom stereocenters. The van der Waals surface area contributed by atoms with E-state index in [1.165, 1.54) is 11.6 Å². The molecular weight excluding hydrogens is 463 g/mol. The molecule has 7 heteroatoms. The molecule has 3 aromatic carbocycles. The number of ether oxygens (including phenoxy) is 1. The van der Waals surface area contributed by atoms with E-state index in [-0.39, 0.29) is 5.82 Å². The molecule has 1 N–H and O–H groups in total. The predicted octanol–water partition coefficient (Wildman–Crippen LogP) is 6.04. The fraction of sp³-hybridized carbons (Fsp3) is 0.321. The third-order valence-corrected chi connectivity index (χ3v) is 7.02. The van der Waals surface area contributed by atoms with Crippen LogP contribution in [0, 0.1) is 5.82 Å². The molecule has 0 aromatic heterocycles. The van der Waals surface area contributed by atoms with Gasteiger partial charge in [-0.15, -0.1) is 0 Å². The summed E-state index contributed by atoms with van der Waals surface area (Å²) >= 11 is 6.85. The molecule has 35 heavy (non-hydrogen) atoms. The smallest absolute Gasteiger partial charge is 0.135 e. The minimum Gasteiger partial charge on any atom is -0.496 e. The summed E-state index contributed by atoms with van der Waals surface area (Å²) in [6, 6.07) is 17.2. The Morgan fingerprint density at radius 2 is 1.77 bits per heavy atom. The number of rotatable bonds is 4. The Morgan fingerprint density at radius 1 is 1.00 bits per heavy atom. The normalized spacial score (nSPS) is 15.8. The van der Waals surface area contributed by atoms with Crippen LogP contribution in [0.5, 0.6) is 5.75 Å². The van der Waals surface area contributed by atoms with E-state index in [1.54, 1.807) is 19.2 Å². The molecule has 0 spiro atoms. The molecule has 0 aliphatic carbocycles. The number of hydrogen-bond donors (Lipinski definition) is 1. The highest BCUT2D eigenvalue weighted by Gasteiger charge is 2.29. The third kappa shape index (κ3) is 4.37. The summed E-state index contributed by atoms with van der Waals surface area (Å²) in [5.41, 5.74) is 5.23. The van der Waals surface area contributed by atoms with Crippen LogP contribution in [-0.4, -0.2) is 50.7 Å². The summed E-state index contributed by atoms with van der Waals surface area (Å²) in [6.07, 6.45) is 0. The lowest BCUT2D eigenvalue weighted by molar-refractivity contribution is 0.356. The van der Waals surface area contributed by atoms with Gasteiger partial charge in [-0.2, -0.15) is 0 Å². The van der Waals surface area contributed by atoms with Gasteiger partial charge in [-0.1, -0.05) is 49.7 Å². The maximum absolute atomic E-state index is 15.1. The van der Waals surface area contributed by atoms with E-state index in [1.807, 2.05) is 18.2 Å². The topological polar surface area (TPSA) is 40.1 Å². The summed E-state index contributed by atoms with van der Waals surface area (Å²) in [5, 5.41) is 3.87. The van der Waals surface area contributed by atoms with Gasteiger partial charge in [-0.25, -0.2) is 9.38 Å². The average Bonchev–Trinajstić information content (AvgIpc) is 2.88. The first kappa shape index (κ1) is 23.6. The number of nitrogens with one attached hydrogen (secondary N) is 1. The molecule has 3 aromatic rings. The first-order valence-corrected chi connectivity index (χ1v) is 12.4. The van der Waals surface area contributed by atoms with E-state index in [9.17, 15) is 0 Å². The molecule has 0 bridgehead atoms. The highest BCUT2D eigenvalue weighted by Crippen LogP contribution is 2.44. The zero-order valence-corrected chi connectivity index (χ0v) is 21.1.